The maximum absolute atomic E-state index is 11.6. The van der Waals surface area contributed by atoms with E-state index < -0.39 is 10.1 Å². The van der Waals surface area contributed by atoms with Gasteiger partial charge in [-0.15, -0.1) is 0 Å². The van der Waals surface area contributed by atoms with Crippen molar-refractivity contribution >= 4 is 20.9 Å². The number of unbranched alkanes of at least 4 members (excludes halogenated alkanes) is 11. The average Bonchev–Trinajstić information content (AvgIpc) is 2.67. The van der Waals surface area contributed by atoms with Crippen molar-refractivity contribution in [3.63, 3.8) is 0 Å². The summed E-state index contributed by atoms with van der Waals surface area (Å²) in [5.74, 6) is 0. The molecular weight excluding hydrogens is 407 g/mol. The first-order chi connectivity index (χ1) is 13.5. The van der Waals surface area contributed by atoms with Crippen LogP contribution in [0.4, 0.5) is 0 Å². The minimum absolute atomic E-state index is 0. The predicted molar refractivity (Wildman–Crippen MR) is 117 cm³/mol. The number of rotatable bonds is 14. The van der Waals surface area contributed by atoms with Gasteiger partial charge in [0.25, 0.3) is 0 Å². The van der Waals surface area contributed by atoms with Gasteiger partial charge in [-0.2, -0.15) is 0 Å². The third-order valence-electron chi connectivity index (χ3n) is 5.52. The van der Waals surface area contributed by atoms with Gasteiger partial charge in [0, 0.05) is 5.39 Å². The molecule has 0 saturated heterocycles. The van der Waals surface area contributed by atoms with Crippen LogP contribution in [0, 0.1) is 0 Å². The van der Waals surface area contributed by atoms with E-state index in [1.807, 2.05) is 24.3 Å². The van der Waals surface area contributed by atoms with Crippen LogP contribution in [0.5, 0.6) is 0 Å². The zero-order valence-corrected chi connectivity index (χ0v) is 22.2. The SMILES string of the molecule is CCCCCCCCCCCCCCc1cccc2cccc(S(=O)(=O)[O-])c12.[K+]. The molecular formula is C24H35KO3S. The van der Waals surface area contributed by atoms with Crippen LogP contribution in [-0.4, -0.2) is 13.0 Å². The molecule has 0 aliphatic carbocycles. The smallest absolute Gasteiger partial charge is 0.744 e. The number of hydrogen-bond donors (Lipinski definition) is 0. The Kier molecular flexibility index (Phi) is 14.2. The van der Waals surface area contributed by atoms with Crippen LogP contribution >= 0.6 is 0 Å². The largest absolute Gasteiger partial charge is 1.00 e. The Labute approximate surface area is 220 Å². The van der Waals surface area contributed by atoms with Gasteiger partial charge in [-0.25, -0.2) is 8.42 Å². The molecule has 3 nitrogen and oxygen atoms in total. The molecule has 0 amide bonds. The van der Waals surface area contributed by atoms with Crippen molar-refractivity contribution in [2.75, 3.05) is 0 Å². The van der Waals surface area contributed by atoms with Gasteiger partial charge in [-0.3, -0.25) is 0 Å². The van der Waals surface area contributed by atoms with Crippen molar-refractivity contribution in [1.29, 1.82) is 0 Å². The second-order valence-electron chi connectivity index (χ2n) is 7.86. The van der Waals surface area contributed by atoms with Crippen LogP contribution in [0.15, 0.2) is 41.3 Å². The molecule has 156 valence electrons. The average molecular weight is 443 g/mol. The van der Waals surface area contributed by atoms with Crippen molar-refractivity contribution < 1.29 is 64.4 Å². The maximum Gasteiger partial charge on any atom is 1.00 e. The van der Waals surface area contributed by atoms with Crippen molar-refractivity contribution in [2.45, 2.75) is 95.3 Å². The van der Waals surface area contributed by atoms with Crippen molar-refractivity contribution in [3.05, 3.63) is 42.0 Å². The Morgan fingerprint density at radius 2 is 1.21 bits per heavy atom. The first-order valence-corrected chi connectivity index (χ1v) is 12.4. The summed E-state index contributed by atoms with van der Waals surface area (Å²) in [6.07, 6.45) is 16.4. The molecule has 0 heterocycles. The summed E-state index contributed by atoms with van der Waals surface area (Å²) < 4.78 is 34.9. The Balaban J connectivity index is 0.00000420. The number of aryl methyl sites for hydroxylation is 1. The van der Waals surface area contributed by atoms with Gasteiger partial charge in [-0.1, -0.05) is 108 Å². The van der Waals surface area contributed by atoms with E-state index in [0.717, 1.165) is 30.2 Å². The van der Waals surface area contributed by atoms with Gasteiger partial charge >= 0.3 is 51.4 Å². The second kappa shape index (κ2) is 15.1. The second-order valence-corrected chi connectivity index (χ2v) is 9.21. The summed E-state index contributed by atoms with van der Waals surface area (Å²) in [6, 6.07) is 10.7. The van der Waals surface area contributed by atoms with Crippen LogP contribution in [0.1, 0.15) is 89.5 Å². The monoisotopic (exact) mass is 442 g/mol. The zero-order chi connectivity index (χ0) is 20.2. The molecule has 0 aromatic heterocycles. The molecule has 2 aromatic rings. The molecule has 2 aromatic carbocycles. The number of benzene rings is 2. The molecule has 29 heavy (non-hydrogen) atoms. The molecule has 0 atom stereocenters. The predicted octanol–water partition coefficient (Wildman–Crippen LogP) is 3.99. The van der Waals surface area contributed by atoms with E-state index >= 15 is 0 Å². The van der Waals surface area contributed by atoms with Gasteiger partial charge in [0.15, 0.2) is 0 Å². The fourth-order valence-corrected chi connectivity index (χ4v) is 4.70. The van der Waals surface area contributed by atoms with Gasteiger partial charge in [0.2, 0.25) is 0 Å². The molecule has 0 radical (unpaired) electrons. The summed E-state index contributed by atoms with van der Waals surface area (Å²) in [7, 11) is -4.46. The van der Waals surface area contributed by atoms with E-state index in [1.54, 1.807) is 6.07 Å². The van der Waals surface area contributed by atoms with Crippen LogP contribution in [-0.2, 0) is 16.5 Å². The van der Waals surface area contributed by atoms with Gasteiger partial charge in [0.05, 0.1) is 4.90 Å². The third-order valence-corrected chi connectivity index (χ3v) is 6.40. The molecule has 0 bridgehead atoms. The summed E-state index contributed by atoms with van der Waals surface area (Å²) in [5, 5.41) is 1.44. The van der Waals surface area contributed by atoms with Gasteiger partial charge in [0.1, 0.15) is 10.1 Å². The van der Waals surface area contributed by atoms with E-state index in [0.29, 0.717) is 5.39 Å². The summed E-state index contributed by atoms with van der Waals surface area (Å²) >= 11 is 0. The molecule has 0 fully saturated rings. The van der Waals surface area contributed by atoms with Crippen LogP contribution in [0.25, 0.3) is 10.8 Å². The topological polar surface area (TPSA) is 57.2 Å². The Bertz CT molecular complexity index is 813. The normalized spacial score (nSPS) is 11.5. The first kappa shape index (κ1) is 27.3. The Morgan fingerprint density at radius 1 is 0.724 bits per heavy atom. The van der Waals surface area contributed by atoms with E-state index in [-0.39, 0.29) is 56.3 Å². The van der Waals surface area contributed by atoms with Gasteiger partial charge in [-0.05, 0) is 29.9 Å². The fourth-order valence-electron chi connectivity index (χ4n) is 3.96. The van der Waals surface area contributed by atoms with E-state index in [9.17, 15) is 13.0 Å². The van der Waals surface area contributed by atoms with Crippen molar-refractivity contribution in [3.8, 4) is 0 Å². The van der Waals surface area contributed by atoms with Gasteiger partial charge < -0.3 is 4.55 Å². The molecule has 0 N–H and O–H groups in total. The minimum atomic E-state index is -4.46. The van der Waals surface area contributed by atoms with Crippen LogP contribution in [0.3, 0.4) is 0 Å². The summed E-state index contributed by atoms with van der Waals surface area (Å²) in [4.78, 5) is -0.0838. The van der Waals surface area contributed by atoms with E-state index in [1.165, 1.54) is 70.3 Å². The molecule has 0 spiro atoms. The van der Waals surface area contributed by atoms with Crippen molar-refractivity contribution in [2.24, 2.45) is 0 Å². The first-order valence-electron chi connectivity index (χ1n) is 11.0. The molecule has 5 heteroatoms. The van der Waals surface area contributed by atoms with E-state index in [4.69, 9.17) is 0 Å². The summed E-state index contributed by atoms with van der Waals surface area (Å²) in [6.45, 7) is 2.25. The number of hydrogen-bond acceptors (Lipinski definition) is 3. The molecule has 0 aliphatic rings. The minimum Gasteiger partial charge on any atom is -0.744 e. The maximum atomic E-state index is 11.6. The van der Waals surface area contributed by atoms with E-state index in [2.05, 4.69) is 6.92 Å². The quantitative estimate of drug-likeness (QED) is 0.252. The zero-order valence-electron chi connectivity index (χ0n) is 18.3. The molecule has 0 saturated carbocycles. The van der Waals surface area contributed by atoms with Crippen molar-refractivity contribution in [1.82, 2.24) is 0 Å². The molecule has 2 rings (SSSR count). The third kappa shape index (κ3) is 9.94. The fraction of sp³-hybridized carbons (Fsp3) is 0.583. The van der Waals surface area contributed by atoms with Crippen LogP contribution < -0.4 is 51.4 Å². The standard InChI is InChI=1S/C24H36O3S.K/c1-2-3-4-5-6-7-8-9-10-11-12-13-16-21-17-14-18-22-19-15-20-23(24(21)22)28(25,26)27;/h14-15,17-20H,2-13,16H2,1H3,(H,25,26,27);/q;+1/p-1. The molecule has 0 unspecified atom stereocenters. The Hall–Kier alpha value is 0.246. The summed E-state index contributed by atoms with van der Waals surface area (Å²) in [5.41, 5.74) is 0.972. The molecule has 0 aliphatic heterocycles. The van der Waals surface area contributed by atoms with Crippen LogP contribution in [0.2, 0.25) is 0 Å². The Morgan fingerprint density at radius 3 is 1.72 bits per heavy atom. The number of fused-ring (bicyclic) bond motifs is 1.